The van der Waals surface area contributed by atoms with Gasteiger partial charge >= 0.3 is 5.97 Å². The molecule has 0 bridgehead atoms. The van der Waals surface area contributed by atoms with E-state index < -0.39 is 11.9 Å². The molecule has 0 radical (unpaired) electrons. The van der Waals surface area contributed by atoms with Crippen LogP contribution in [-0.4, -0.2) is 96.7 Å². The van der Waals surface area contributed by atoms with Crippen LogP contribution in [0.2, 0.25) is 0 Å². The van der Waals surface area contributed by atoms with Gasteiger partial charge in [-0.25, -0.2) is 9.48 Å². The number of carboxylic acid groups (broad SMARTS) is 1. The van der Waals surface area contributed by atoms with Crippen LogP contribution in [0, 0.1) is 17.8 Å². The molecule has 190 valence electrons. The standard InChI is InChI=1S/C21H30N8O5S/c1-9(5-11(30)8-28-21(22)24-25-26-28)14-15-10(2)17(16(20(33)34)29(15)19(14)32)35-12-6-13(23-7-12)18(31)27(3)4/h9-10,12-15,23H,5-8H2,1-4H3,(H,33,34)(H2,22,24,26)/t9-,10+,12-,13?,14+,15+/m0/s1. The van der Waals surface area contributed by atoms with Crippen LogP contribution >= 0.6 is 11.8 Å². The number of β-lactam (4-membered cyclic amide) rings is 1. The number of carbonyl (C=O) groups is 4. The van der Waals surface area contributed by atoms with Gasteiger partial charge in [-0.3, -0.25) is 14.4 Å². The molecule has 4 heterocycles. The molecule has 35 heavy (non-hydrogen) atoms. The summed E-state index contributed by atoms with van der Waals surface area (Å²) in [5.41, 5.74) is 5.64. The number of aromatic nitrogens is 4. The minimum absolute atomic E-state index is 0.0130. The van der Waals surface area contributed by atoms with Crippen molar-refractivity contribution in [2.75, 3.05) is 26.4 Å². The Morgan fingerprint density at radius 3 is 2.66 bits per heavy atom. The summed E-state index contributed by atoms with van der Waals surface area (Å²) in [6.07, 6.45) is 0.705. The summed E-state index contributed by atoms with van der Waals surface area (Å²) < 4.78 is 1.20. The zero-order valence-corrected chi connectivity index (χ0v) is 20.9. The van der Waals surface area contributed by atoms with E-state index in [4.69, 9.17) is 5.73 Å². The SMILES string of the molecule is C[C@@H](CC(=O)Cn1nnnc1N)[C@H]1C(=O)N2C(C(=O)O)=C(S[C@@H]3CNC(C(=O)N(C)C)C3)[C@H](C)[C@H]12. The monoisotopic (exact) mass is 506 g/mol. The largest absolute Gasteiger partial charge is 0.477 e. The second kappa shape index (κ2) is 9.57. The Morgan fingerprint density at radius 1 is 1.34 bits per heavy atom. The Kier molecular flexibility index (Phi) is 6.86. The number of nitrogen functional groups attached to an aromatic ring is 1. The van der Waals surface area contributed by atoms with Crippen molar-refractivity contribution in [3.63, 3.8) is 0 Å². The number of amides is 2. The van der Waals surface area contributed by atoms with Gasteiger partial charge in [-0.2, -0.15) is 0 Å². The predicted molar refractivity (Wildman–Crippen MR) is 125 cm³/mol. The fraction of sp³-hybridized carbons (Fsp3) is 0.667. The molecule has 2 fully saturated rings. The third kappa shape index (κ3) is 4.51. The van der Waals surface area contributed by atoms with Gasteiger partial charge in [0.1, 0.15) is 12.2 Å². The molecule has 0 saturated carbocycles. The molecule has 6 atom stereocenters. The number of nitrogens with two attached hydrogens (primary N) is 1. The van der Waals surface area contributed by atoms with Gasteiger partial charge in [0.05, 0.1) is 18.0 Å². The van der Waals surface area contributed by atoms with Gasteiger partial charge in [0, 0.05) is 43.1 Å². The van der Waals surface area contributed by atoms with Gasteiger partial charge in [0.15, 0.2) is 5.78 Å². The molecule has 4 N–H and O–H groups in total. The lowest BCUT2D eigenvalue weighted by Gasteiger charge is -2.47. The third-order valence-electron chi connectivity index (χ3n) is 6.96. The van der Waals surface area contributed by atoms with E-state index in [2.05, 4.69) is 20.8 Å². The lowest BCUT2D eigenvalue weighted by molar-refractivity contribution is -0.160. The predicted octanol–water partition coefficient (Wildman–Crippen LogP) is -0.825. The topological polar surface area (TPSA) is 177 Å². The van der Waals surface area contributed by atoms with E-state index in [9.17, 15) is 24.3 Å². The van der Waals surface area contributed by atoms with Crippen LogP contribution in [-0.2, 0) is 25.7 Å². The molecule has 0 spiro atoms. The minimum atomic E-state index is -1.14. The van der Waals surface area contributed by atoms with Crippen molar-refractivity contribution >= 4 is 41.3 Å². The Morgan fingerprint density at radius 2 is 2.06 bits per heavy atom. The Labute approximate surface area is 206 Å². The number of carbonyl (C=O) groups excluding carboxylic acids is 3. The number of rotatable bonds is 9. The van der Waals surface area contributed by atoms with Crippen molar-refractivity contribution in [1.82, 2.24) is 35.3 Å². The number of Topliss-reactive ketones (excluding diaryl/α,β-unsaturated/α-hetero) is 1. The fourth-order valence-electron chi connectivity index (χ4n) is 5.28. The smallest absolute Gasteiger partial charge is 0.353 e. The van der Waals surface area contributed by atoms with Crippen molar-refractivity contribution in [1.29, 1.82) is 0 Å². The molecule has 14 heteroatoms. The van der Waals surface area contributed by atoms with Gasteiger partial charge in [-0.1, -0.05) is 18.9 Å². The number of hydrogen-bond acceptors (Lipinski definition) is 10. The number of anilines is 1. The highest BCUT2D eigenvalue weighted by Crippen LogP contribution is 2.53. The molecule has 0 aliphatic carbocycles. The molecule has 3 aliphatic heterocycles. The van der Waals surface area contributed by atoms with Gasteiger partial charge < -0.3 is 26.0 Å². The second-order valence-electron chi connectivity index (χ2n) is 9.62. The van der Waals surface area contributed by atoms with Gasteiger partial charge in [0.2, 0.25) is 17.8 Å². The molecule has 1 unspecified atom stereocenters. The first-order valence-electron chi connectivity index (χ1n) is 11.5. The summed E-state index contributed by atoms with van der Waals surface area (Å²) in [7, 11) is 3.41. The van der Waals surface area contributed by atoms with Crippen LogP contribution in [0.5, 0.6) is 0 Å². The third-order valence-corrected chi connectivity index (χ3v) is 8.47. The number of ketones is 1. The second-order valence-corrected chi connectivity index (χ2v) is 11.0. The Balaban J connectivity index is 1.44. The van der Waals surface area contributed by atoms with E-state index in [1.54, 1.807) is 14.1 Å². The van der Waals surface area contributed by atoms with Gasteiger partial charge in [-0.15, -0.1) is 11.8 Å². The van der Waals surface area contributed by atoms with Crippen LogP contribution in [0.3, 0.4) is 0 Å². The maximum atomic E-state index is 13.1. The maximum Gasteiger partial charge on any atom is 0.353 e. The lowest BCUT2D eigenvalue weighted by atomic mass is 9.73. The van der Waals surface area contributed by atoms with Crippen molar-refractivity contribution in [2.24, 2.45) is 17.8 Å². The molecule has 13 nitrogen and oxygen atoms in total. The molecule has 4 rings (SSSR count). The minimum Gasteiger partial charge on any atom is -0.477 e. The number of fused-ring (bicyclic) bond motifs is 1. The number of nitrogens with zero attached hydrogens (tertiary/aromatic N) is 6. The van der Waals surface area contributed by atoms with E-state index in [0.29, 0.717) is 17.9 Å². The molecule has 0 aromatic carbocycles. The molecular formula is C21H30N8O5S. The summed E-state index contributed by atoms with van der Waals surface area (Å²) in [5, 5.41) is 23.8. The maximum absolute atomic E-state index is 13.1. The lowest BCUT2D eigenvalue weighted by Crippen LogP contribution is -2.62. The molecule has 2 saturated heterocycles. The average molecular weight is 507 g/mol. The molecule has 2 amide bonds. The van der Waals surface area contributed by atoms with Crippen LogP contribution in [0.1, 0.15) is 26.7 Å². The number of aliphatic carboxylic acids is 1. The van der Waals surface area contributed by atoms with Crippen molar-refractivity contribution < 1.29 is 24.3 Å². The van der Waals surface area contributed by atoms with E-state index in [-0.39, 0.29) is 71.4 Å². The molecule has 1 aromatic rings. The van der Waals surface area contributed by atoms with Crippen LogP contribution in [0.25, 0.3) is 0 Å². The van der Waals surface area contributed by atoms with E-state index >= 15 is 0 Å². The number of carboxylic acids is 1. The summed E-state index contributed by atoms with van der Waals surface area (Å²) in [6, 6.07) is -0.620. The first-order valence-corrected chi connectivity index (χ1v) is 12.3. The molecule has 3 aliphatic rings. The highest BCUT2D eigenvalue weighted by atomic mass is 32.2. The first-order chi connectivity index (χ1) is 16.5. The first kappa shape index (κ1) is 25.1. The van der Waals surface area contributed by atoms with E-state index in [0.717, 1.165) is 0 Å². The highest BCUT2D eigenvalue weighted by molar-refractivity contribution is 8.03. The number of nitrogens with one attached hydrogen (secondary N) is 1. The fourth-order valence-corrected chi connectivity index (χ4v) is 6.76. The van der Waals surface area contributed by atoms with Crippen molar-refractivity contribution in [3.8, 4) is 0 Å². The molecule has 1 aromatic heterocycles. The normalized spacial score (nSPS) is 28.6. The van der Waals surface area contributed by atoms with Crippen molar-refractivity contribution in [2.45, 2.75) is 50.6 Å². The molecular weight excluding hydrogens is 476 g/mol. The quantitative estimate of drug-likeness (QED) is 0.356. The van der Waals surface area contributed by atoms with Gasteiger partial charge in [0.25, 0.3) is 0 Å². The van der Waals surface area contributed by atoms with E-state index in [1.807, 2.05) is 13.8 Å². The van der Waals surface area contributed by atoms with Crippen LogP contribution in [0.4, 0.5) is 5.95 Å². The number of likely N-dealkylation sites (N-methyl/N-ethyl adjacent to an activating group) is 1. The Hall–Kier alpha value is -3.00. The number of tetrazole rings is 1. The highest BCUT2D eigenvalue weighted by Gasteiger charge is 2.60. The summed E-state index contributed by atoms with van der Waals surface area (Å²) in [5.74, 6) is -2.49. The van der Waals surface area contributed by atoms with E-state index in [1.165, 1.54) is 26.2 Å². The Bertz CT molecular complexity index is 1090. The zero-order chi connectivity index (χ0) is 25.6. The number of thioether (sulfide) groups is 1. The zero-order valence-electron chi connectivity index (χ0n) is 20.0. The van der Waals surface area contributed by atoms with Gasteiger partial charge in [-0.05, 0) is 22.8 Å². The average Bonchev–Trinajstić information content (AvgIpc) is 3.46. The number of hydrogen-bond donors (Lipinski definition) is 3. The summed E-state index contributed by atoms with van der Waals surface area (Å²) >= 11 is 1.44. The van der Waals surface area contributed by atoms with Crippen LogP contribution in [0.15, 0.2) is 10.6 Å². The van der Waals surface area contributed by atoms with Crippen molar-refractivity contribution in [3.05, 3.63) is 10.6 Å². The summed E-state index contributed by atoms with van der Waals surface area (Å²) in [4.78, 5) is 53.7. The summed E-state index contributed by atoms with van der Waals surface area (Å²) in [6.45, 7) is 4.24. The van der Waals surface area contributed by atoms with Crippen LogP contribution < -0.4 is 11.1 Å².